The monoisotopic (exact) mass is 750 g/mol. The number of ether oxygens (including phenoxy) is 1. The Hall–Kier alpha value is -4.39. The lowest BCUT2D eigenvalue weighted by molar-refractivity contribution is -0.192. The van der Waals surface area contributed by atoms with Crippen LogP contribution in [0.25, 0.3) is 10.9 Å². The smallest absolute Gasteiger partial charge is 0.475 e. The number of amides is 1. The minimum atomic E-state index is -5.08. The van der Waals surface area contributed by atoms with Gasteiger partial charge in [0.15, 0.2) is 0 Å². The Bertz CT molecular complexity index is 1740. The van der Waals surface area contributed by atoms with E-state index in [0.29, 0.717) is 37.3 Å². The number of benzene rings is 2. The molecular formula is C32H40F6N6O6S. The number of halogens is 6. The molecule has 1 fully saturated rings. The van der Waals surface area contributed by atoms with E-state index in [-0.39, 0.29) is 12.5 Å². The van der Waals surface area contributed by atoms with E-state index in [0.717, 1.165) is 48.7 Å². The number of aliphatic carboxylic acids is 1. The van der Waals surface area contributed by atoms with Gasteiger partial charge in [0.05, 0.1) is 16.0 Å². The van der Waals surface area contributed by atoms with Gasteiger partial charge in [0, 0.05) is 31.6 Å². The number of alkyl carbamates (subject to hydrolysis) is 1. The first kappa shape index (κ1) is 41.0. The van der Waals surface area contributed by atoms with Crippen molar-refractivity contribution in [1.29, 1.82) is 0 Å². The highest BCUT2D eigenvalue weighted by molar-refractivity contribution is 7.89. The number of carbonyl (C=O) groups is 2. The van der Waals surface area contributed by atoms with Crippen molar-refractivity contribution in [2.75, 3.05) is 36.8 Å². The Morgan fingerprint density at radius 1 is 0.843 bits per heavy atom. The average molecular weight is 751 g/mol. The Kier molecular flexibility index (Phi) is 13.9. The molecule has 1 amide bonds. The maximum absolute atomic E-state index is 13.3. The predicted molar refractivity (Wildman–Crippen MR) is 177 cm³/mol. The van der Waals surface area contributed by atoms with Crippen LogP contribution >= 0.6 is 0 Å². The first-order chi connectivity index (χ1) is 23.7. The number of rotatable bonds is 11. The summed E-state index contributed by atoms with van der Waals surface area (Å²) in [7, 11) is -4.31. The second-order valence-corrected chi connectivity index (χ2v) is 14.4. The van der Waals surface area contributed by atoms with E-state index in [2.05, 4.69) is 30.6 Å². The molecule has 4 rings (SSSR count). The Labute approximate surface area is 290 Å². The Morgan fingerprint density at radius 2 is 1.41 bits per heavy atom. The van der Waals surface area contributed by atoms with E-state index in [1.807, 2.05) is 24.3 Å². The van der Waals surface area contributed by atoms with Crippen LogP contribution < -0.4 is 20.7 Å². The van der Waals surface area contributed by atoms with Crippen LogP contribution in [-0.4, -0.2) is 73.5 Å². The molecular weight excluding hydrogens is 710 g/mol. The van der Waals surface area contributed by atoms with Crippen molar-refractivity contribution in [2.24, 2.45) is 11.8 Å². The molecule has 1 saturated carbocycles. The van der Waals surface area contributed by atoms with E-state index in [1.165, 1.54) is 12.1 Å². The van der Waals surface area contributed by atoms with Gasteiger partial charge in [-0.05, 0) is 82.6 Å². The molecule has 282 valence electrons. The number of aromatic nitrogens is 2. The fourth-order valence-corrected chi connectivity index (χ4v) is 6.41. The van der Waals surface area contributed by atoms with Gasteiger partial charge in [-0.25, -0.2) is 27.7 Å². The molecule has 0 atom stereocenters. The Balaban J connectivity index is 0.000000908. The second-order valence-electron chi connectivity index (χ2n) is 12.7. The molecule has 0 saturated heterocycles. The van der Waals surface area contributed by atoms with Gasteiger partial charge in [0.25, 0.3) is 0 Å². The number of sulfonamides is 1. The summed E-state index contributed by atoms with van der Waals surface area (Å²) in [4.78, 5) is 29.3. The van der Waals surface area contributed by atoms with Crippen LogP contribution in [0.4, 0.5) is 42.9 Å². The lowest BCUT2D eigenvalue weighted by Gasteiger charge is -2.29. The number of carbonyl (C=O) groups excluding carboxylic acids is 1. The summed E-state index contributed by atoms with van der Waals surface area (Å²) in [5.74, 6) is -1.33. The number of carboxylic acid groups (broad SMARTS) is 1. The van der Waals surface area contributed by atoms with Crippen molar-refractivity contribution in [3.8, 4) is 0 Å². The predicted octanol–water partition coefficient (Wildman–Crippen LogP) is 6.42. The number of alkyl halides is 6. The number of para-hydroxylation sites is 1. The standard InChI is InChI=1S/C30H39F3N6O4S.C2HF3O2/c1-29(2,3)43-28(40)35-17-16-34-26-22-8-4-6-10-24(22)38-27(39-26)36-18-20-12-14-21(15-13-20)19-37-44(41,42)25-11-7-5-9-23(25)30(31,32)33;3-2(4,5)1(6)7/h4-11,20-21,37H,12-19H2,1-3H3,(H,35,40)(H2,34,36,38,39);(H,6,7). The molecule has 0 aliphatic heterocycles. The quantitative estimate of drug-likeness (QED) is 0.109. The zero-order chi connectivity index (χ0) is 38.0. The molecule has 1 aliphatic carbocycles. The zero-order valence-corrected chi connectivity index (χ0v) is 28.8. The number of nitrogens with zero attached hydrogens (tertiary/aromatic N) is 2. The molecule has 0 bridgehead atoms. The molecule has 2 aromatic carbocycles. The molecule has 51 heavy (non-hydrogen) atoms. The van der Waals surface area contributed by atoms with E-state index in [9.17, 15) is 39.6 Å². The lowest BCUT2D eigenvalue weighted by Crippen LogP contribution is -2.35. The number of hydrogen-bond acceptors (Lipinski definition) is 9. The van der Waals surface area contributed by atoms with Gasteiger partial charge in [0.1, 0.15) is 11.4 Å². The lowest BCUT2D eigenvalue weighted by atomic mass is 9.82. The van der Waals surface area contributed by atoms with Gasteiger partial charge in [-0.15, -0.1) is 0 Å². The molecule has 1 heterocycles. The normalized spacial score (nSPS) is 16.8. The molecule has 3 aromatic rings. The van der Waals surface area contributed by atoms with Crippen LogP contribution in [0.3, 0.4) is 0 Å². The first-order valence-electron chi connectivity index (χ1n) is 15.8. The van der Waals surface area contributed by atoms with E-state index < -0.39 is 50.5 Å². The zero-order valence-electron chi connectivity index (χ0n) is 28.0. The fraction of sp³-hybridized carbons (Fsp3) is 0.500. The average Bonchev–Trinajstić information content (AvgIpc) is 3.04. The van der Waals surface area contributed by atoms with Gasteiger partial charge < -0.3 is 25.8 Å². The molecule has 19 heteroatoms. The molecule has 5 N–H and O–H groups in total. The largest absolute Gasteiger partial charge is 0.490 e. The van der Waals surface area contributed by atoms with E-state index in [4.69, 9.17) is 14.6 Å². The van der Waals surface area contributed by atoms with Gasteiger partial charge in [-0.3, -0.25) is 0 Å². The van der Waals surface area contributed by atoms with E-state index >= 15 is 0 Å². The van der Waals surface area contributed by atoms with Gasteiger partial charge >= 0.3 is 24.4 Å². The maximum atomic E-state index is 13.3. The van der Waals surface area contributed by atoms with Gasteiger partial charge in [-0.2, -0.15) is 31.3 Å². The van der Waals surface area contributed by atoms with Crippen LogP contribution in [-0.2, 0) is 25.7 Å². The Morgan fingerprint density at radius 3 is 2.00 bits per heavy atom. The highest BCUT2D eigenvalue weighted by Crippen LogP contribution is 2.34. The van der Waals surface area contributed by atoms with Crippen molar-refractivity contribution in [3.05, 3.63) is 54.1 Å². The molecule has 0 radical (unpaired) electrons. The number of nitrogens with one attached hydrogen (secondary N) is 4. The number of carboxylic acids is 1. The van der Waals surface area contributed by atoms with Crippen LogP contribution in [0.1, 0.15) is 52.0 Å². The highest BCUT2D eigenvalue weighted by atomic mass is 32.2. The summed E-state index contributed by atoms with van der Waals surface area (Å²) >= 11 is 0. The van der Waals surface area contributed by atoms with Gasteiger partial charge in [0.2, 0.25) is 16.0 Å². The minimum Gasteiger partial charge on any atom is -0.475 e. The number of hydrogen-bond donors (Lipinski definition) is 5. The molecule has 0 unspecified atom stereocenters. The van der Waals surface area contributed by atoms with Crippen molar-refractivity contribution < 1.29 is 54.2 Å². The topological polar surface area (TPSA) is 172 Å². The summed E-state index contributed by atoms with van der Waals surface area (Å²) in [6, 6.07) is 11.8. The summed E-state index contributed by atoms with van der Waals surface area (Å²) < 4.78 is 105. The third kappa shape index (κ3) is 13.3. The first-order valence-corrected chi connectivity index (χ1v) is 17.3. The molecule has 1 aliphatic rings. The fourth-order valence-electron chi connectivity index (χ4n) is 5.07. The third-order valence-corrected chi connectivity index (χ3v) is 8.97. The summed E-state index contributed by atoms with van der Waals surface area (Å²) in [5, 5.41) is 17.3. The maximum Gasteiger partial charge on any atom is 0.490 e. The number of anilines is 2. The molecule has 12 nitrogen and oxygen atoms in total. The van der Waals surface area contributed by atoms with Crippen LogP contribution in [0, 0.1) is 11.8 Å². The van der Waals surface area contributed by atoms with Crippen LogP contribution in [0.2, 0.25) is 0 Å². The van der Waals surface area contributed by atoms with Crippen molar-refractivity contribution in [1.82, 2.24) is 20.0 Å². The molecule has 0 spiro atoms. The van der Waals surface area contributed by atoms with Crippen LogP contribution in [0.15, 0.2) is 53.4 Å². The SMILES string of the molecule is CC(C)(C)OC(=O)NCCNc1nc(NCC2CCC(CNS(=O)(=O)c3ccccc3C(F)(F)F)CC2)nc2ccccc12.O=C(O)C(F)(F)F. The van der Waals surface area contributed by atoms with Crippen molar-refractivity contribution in [3.63, 3.8) is 0 Å². The second kappa shape index (κ2) is 17.2. The van der Waals surface area contributed by atoms with Gasteiger partial charge in [-0.1, -0.05) is 24.3 Å². The minimum absolute atomic E-state index is 0.0288. The summed E-state index contributed by atoms with van der Waals surface area (Å²) in [6.07, 6.45) is -7.20. The summed E-state index contributed by atoms with van der Waals surface area (Å²) in [6.45, 7) is 6.87. The number of fused-ring (bicyclic) bond motifs is 1. The van der Waals surface area contributed by atoms with Crippen LogP contribution in [0.5, 0.6) is 0 Å². The van der Waals surface area contributed by atoms with Crippen molar-refractivity contribution >= 4 is 44.8 Å². The molecule has 1 aromatic heterocycles. The third-order valence-electron chi connectivity index (χ3n) is 7.49. The van der Waals surface area contributed by atoms with Crippen molar-refractivity contribution in [2.45, 2.75) is 69.3 Å². The summed E-state index contributed by atoms with van der Waals surface area (Å²) in [5.41, 5.74) is -0.991. The highest BCUT2D eigenvalue weighted by Gasteiger charge is 2.38. The van der Waals surface area contributed by atoms with E-state index in [1.54, 1.807) is 20.8 Å².